The van der Waals surface area contributed by atoms with Crippen molar-refractivity contribution in [1.29, 1.82) is 0 Å². The molecule has 2 aromatic carbocycles. The van der Waals surface area contributed by atoms with Gasteiger partial charge in [0.2, 0.25) is 0 Å². The van der Waals surface area contributed by atoms with Crippen LogP contribution < -0.4 is 5.73 Å². The van der Waals surface area contributed by atoms with Crippen molar-refractivity contribution in [3.05, 3.63) is 71.0 Å². The fourth-order valence-electron chi connectivity index (χ4n) is 2.36. The van der Waals surface area contributed by atoms with E-state index in [1.54, 1.807) is 0 Å². The van der Waals surface area contributed by atoms with Crippen LogP contribution in [0.1, 0.15) is 11.3 Å². The Morgan fingerprint density at radius 2 is 1.90 bits per heavy atom. The van der Waals surface area contributed by atoms with E-state index in [0.717, 1.165) is 34.3 Å². The highest BCUT2D eigenvalue weighted by Crippen LogP contribution is 2.22. The number of halogens is 1. The van der Waals surface area contributed by atoms with E-state index < -0.39 is 0 Å². The number of anilines is 1. The van der Waals surface area contributed by atoms with Gasteiger partial charge in [0.15, 0.2) is 0 Å². The summed E-state index contributed by atoms with van der Waals surface area (Å²) in [5.74, 6) is 0.926. The standard InChI is InChI=1S/C17H16ClN3/c1-12-10-21(11-13-5-7-15(18)8-6-13)17(20-12)14-3-2-4-16(19)9-14/h2-10H,11,19H2,1H3. The van der Waals surface area contributed by atoms with Gasteiger partial charge in [0.05, 0.1) is 5.69 Å². The predicted octanol–water partition coefficient (Wildman–Crippen LogP) is 4.14. The lowest BCUT2D eigenvalue weighted by molar-refractivity contribution is 0.806. The highest BCUT2D eigenvalue weighted by molar-refractivity contribution is 6.30. The number of nitrogens with two attached hydrogens (primary N) is 1. The number of nitrogen functional groups attached to an aromatic ring is 1. The number of rotatable bonds is 3. The molecule has 2 N–H and O–H groups in total. The van der Waals surface area contributed by atoms with Gasteiger partial charge in [0.1, 0.15) is 5.82 Å². The Kier molecular flexibility index (Phi) is 3.67. The predicted molar refractivity (Wildman–Crippen MR) is 87.4 cm³/mol. The fourth-order valence-corrected chi connectivity index (χ4v) is 2.49. The van der Waals surface area contributed by atoms with Gasteiger partial charge in [-0.3, -0.25) is 0 Å². The molecule has 0 amide bonds. The normalized spacial score (nSPS) is 10.8. The van der Waals surface area contributed by atoms with Crippen LogP contribution >= 0.6 is 11.6 Å². The van der Waals surface area contributed by atoms with E-state index in [-0.39, 0.29) is 0 Å². The second-order valence-corrected chi connectivity index (χ2v) is 5.52. The summed E-state index contributed by atoms with van der Waals surface area (Å²) in [6, 6.07) is 15.7. The first-order valence-electron chi connectivity index (χ1n) is 6.76. The molecule has 3 nitrogen and oxygen atoms in total. The van der Waals surface area contributed by atoms with Crippen molar-refractivity contribution in [3.63, 3.8) is 0 Å². The molecule has 0 unspecified atom stereocenters. The first kappa shape index (κ1) is 13.7. The largest absolute Gasteiger partial charge is 0.399 e. The molecule has 4 heteroatoms. The van der Waals surface area contributed by atoms with Crippen molar-refractivity contribution >= 4 is 17.3 Å². The summed E-state index contributed by atoms with van der Waals surface area (Å²) in [5.41, 5.74) is 9.81. The minimum absolute atomic E-state index is 0.742. The van der Waals surface area contributed by atoms with Crippen molar-refractivity contribution in [1.82, 2.24) is 9.55 Å². The average Bonchev–Trinajstić information content (AvgIpc) is 2.82. The van der Waals surface area contributed by atoms with Crippen molar-refractivity contribution in [2.75, 3.05) is 5.73 Å². The zero-order valence-electron chi connectivity index (χ0n) is 11.8. The number of nitrogens with zero attached hydrogens (tertiary/aromatic N) is 2. The molecule has 0 bridgehead atoms. The molecule has 0 saturated heterocycles. The van der Waals surface area contributed by atoms with Crippen molar-refractivity contribution in [3.8, 4) is 11.4 Å². The summed E-state index contributed by atoms with van der Waals surface area (Å²) >= 11 is 5.93. The van der Waals surface area contributed by atoms with Crippen LogP contribution in [0, 0.1) is 6.92 Å². The lowest BCUT2D eigenvalue weighted by atomic mass is 10.2. The van der Waals surface area contributed by atoms with E-state index in [1.165, 1.54) is 5.56 Å². The summed E-state index contributed by atoms with van der Waals surface area (Å²) in [7, 11) is 0. The second-order valence-electron chi connectivity index (χ2n) is 5.09. The zero-order valence-corrected chi connectivity index (χ0v) is 12.5. The minimum Gasteiger partial charge on any atom is -0.399 e. The molecule has 1 aromatic heterocycles. The minimum atomic E-state index is 0.742. The number of hydrogen-bond acceptors (Lipinski definition) is 2. The molecule has 3 rings (SSSR count). The Morgan fingerprint density at radius 3 is 2.62 bits per heavy atom. The number of aromatic nitrogens is 2. The van der Waals surface area contributed by atoms with Gasteiger partial charge < -0.3 is 10.3 Å². The Balaban J connectivity index is 1.98. The fraction of sp³-hybridized carbons (Fsp3) is 0.118. The molecule has 0 aliphatic rings. The maximum atomic E-state index is 5.93. The zero-order chi connectivity index (χ0) is 14.8. The Labute approximate surface area is 129 Å². The first-order valence-corrected chi connectivity index (χ1v) is 7.14. The number of benzene rings is 2. The quantitative estimate of drug-likeness (QED) is 0.738. The van der Waals surface area contributed by atoms with Crippen molar-refractivity contribution < 1.29 is 0 Å². The lowest BCUT2D eigenvalue weighted by Crippen LogP contribution is -2.01. The van der Waals surface area contributed by atoms with Gasteiger partial charge in [-0.1, -0.05) is 35.9 Å². The van der Waals surface area contributed by atoms with Crippen LogP contribution in [0.15, 0.2) is 54.7 Å². The summed E-state index contributed by atoms with van der Waals surface area (Å²) in [6.45, 7) is 2.75. The van der Waals surface area contributed by atoms with Gasteiger partial charge in [0, 0.05) is 29.0 Å². The summed E-state index contributed by atoms with van der Waals surface area (Å²) in [5, 5.41) is 0.747. The molecule has 0 aliphatic heterocycles. The van der Waals surface area contributed by atoms with Crippen LogP contribution in [-0.2, 0) is 6.54 Å². The Bertz CT molecular complexity index is 760. The molecule has 0 radical (unpaired) electrons. The summed E-state index contributed by atoms with van der Waals surface area (Å²) < 4.78 is 2.13. The topological polar surface area (TPSA) is 43.8 Å². The molecular formula is C17H16ClN3. The Hall–Kier alpha value is -2.26. The van der Waals surface area contributed by atoms with E-state index in [2.05, 4.69) is 9.55 Å². The van der Waals surface area contributed by atoms with Crippen LogP contribution in [0.4, 0.5) is 5.69 Å². The van der Waals surface area contributed by atoms with E-state index in [1.807, 2.05) is 61.7 Å². The maximum Gasteiger partial charge on any atom is 0.140 e. The van der Waals surface area contributed by atoms with Gasteiger partial charge in [-0.15, -0.1) is 0 Å². The van der Waals surface area contributed by atoms with Gasteiger partial charge in [0.25, 0.3) is 0 Å². The second kappa shape index (κ2) is 5.62. The summed E-state index contributed by atoms with van der Waals surface area (Å²) in [6.07, 6.45) is 2.05. The highest BCUT2D eigenvalue weighted by atomic mass is 35.5. The van der Waals surface area contributed by atoms with E-state index in [0.29, 0.717) is 0 Å². The smallest absolute Gasteiger partial charge is 0.140 e. The number of imidazole rings is 1. The molecule has 1 heterocycles. The van der Waals surface area contributed by atoms with Gasteiger partial charge >= 0.3 is 0 Å². The third-order valence-electron chi connectivity index (χ3n) is 3.31. The van der Waals surface area contributed by atoms with Crippen LogP contribution in [0.3, 0.4) is 0 Å². The lowest BCUT2D eigenvalue weighted by Gasteiger charge is -2.08. The summed E-state index contributed by atoms with van der Waals surface area (Å²) in [4.78, 5) is 4.62. The molecule has 106 valence electrons. The SMILES string of the molecule is Cc1cn(Cc2ccc(Cl)cc2)c(-c2cccc(N)c2)n1. The highest BCUT2D eigenvalue weighted by Gasteiger charge is 2.09. The third-order valence-corrected chi connectivity index (χ3v) is 3.56. The maximum absolute atomic E-state index is 5.93. The van der Waals surface area contributed by atoms with Crippen molar-refractivity contribution in [2.45, 2.75) is 13.5 Å². The average molecular weight is 298 g/mol. The van der Waals surface area contributed by atoms with E-state index >= 15 is 0 Å². The van der Waals surface area contributed by atoms with Crippen molar-refractivity contribution in [2.24, 2.45) is 0 Å². The van der Waals surface area contributed by atoms with E-state index in [4.69, 9.17) is 17.3 Å². The molecule has 0 atom stereocenters. The van der Waals surface area contributed by atoms with E-state index in [9.17, 15) is 0 Å². The molecule has 3 aromatic rings. The number of aryl methyl sites for hydroxylation is 1. The van der Waals surface area contributed by atoms with Crippen LogP contribution in [-0.4, -0.2) is 9.55 Å². The monoisotopic (exact) mass is 297 g/mol. The van der Waals surface area contributed by atoms with Gasteiger partial charge in [-0.25, -0.2) is 4.98 Å². The van der Waals surface area contributed by atoms with Gasteiger partial charge in [-0.05, 0) is 36.8 Å². The van der Waals surface area contributed by atoms with Crippen LogP contribution in [0.2, 0.25) is 5.02 Å². The molecule has 0 aliphatic carbocycles. The van der Waals surface area contributed by atoms with Crippen LogP contribution in [0.5, 0.6) is 0 Å². The van der Waals surface area contributed by atoms with Gasteiger partial charge in [-0.2, -0.15) is 0 Å². The first-order chi connectivity index (χ1) is 10.1. The molecule has 0 spiro atoms. The molecule has 21 heavy (non-hydrogen) atoms. The number of hydrogen-bond donors (Lipinski definition) is 1. The van der Waals surface area contributed by atoms with Crippen LogP contribution in [0.25, 0.3) is 11.4 Å². The third kappa shape index (κ3) is 3.09. The molecule has 0 saturated carbocycles. The molecular weight excluding hydrogens is 282 g/mol. The Morgan fingerprint density at radius 1 is 1.14 bits per heavy atom. The molecule has 0 fully saturated rings.